The van der Waals surface area contributed by atoms with Crippen molar-refractivity contribution in [1.82, 2.24) is 10.2 Å². The number of rotatable bonds is 4. The first-order valence-corrected chi connectivity index (χ1v) is 6.67. The first-order valence-electron chi connectivity index (χ1n) is 6.67. The van der Waals surface area contributed by atoms with Gasteiger partial charge in [-0.25, -0.2) is 4.79 Å². The number of carbonyl (C=O) groups is 2. The van der Waals surface area contributed by atoms with E-state index in [0.717, 1.165) is 6.42 Å². The molecule has 1 heterocycles. The summed E-state index contributed by atoms with van der Waals surface area (Å²) < 4.78 is 0. The lowest BCUT2D eigenvalue weighted by molar-refractivity contribution is -0.145. The van der Waals surface area contributed by atoms with Gasteiger partial charge in [-0.3, -0.25) is 4.79 Å². The van der Waals surface area contributed by atoms with E-state index in [2.05, 4.69) is 19.2 Å². The molecule has 0 aromatic rings. The van der Waals surface area contributed by atoms with E-state index in [1.165, 1.54) is 0 Å². The highest BCUT2D eigenvalue weighted by molar-refractivity contribution is 5.75. The molecule has 1 saturated heterocycles. The molecule has 5 heteroatoms. The molecular formula is C13H24N2O3. The van der Waals surface area contributed by atoms with Crippen molar-refractivity contribution in [2.75, 3.05) is 19.6 Å². The summed E-state index contributed by atoms with van der Waals surface area (Å²) in [5.41, 5.74) is 0. The Morgan fingerprint density at radius 3 is 2.61 bits per heavy atom. The number of nitrogens with zero attached hydrogens (tertiary/aromatic N) is 1. The fourth-order valence-corrected chi connectivity index (χ4v) is 2.28. The van der Waals surface area contributed by atoms with Gasteiger partial charge in [0.25, 0.3) is 0 Å². The topological polar surface area (TPSA) is 69.6 Å². The molecule has 1 fully saturated rings. The molecule has 2 unspecified atom stereocenters. The quantitative estimate of drug-likeness (QED) is 0.805. The minimum Gasteiger partial charge on any atom is -0.481 e. The van der Waals surface area contributed by atoms with Crippen LogP contribution in [0.3, 0.4) is 0 Å². The minimum atomic E-state index is -0.748. The van der Waals surface area contributed by atoms with E-state index in [1.807, 2.05) is 6.92 Å². The predicted octanol–water partition coefficient (Wildman–Crippen LogP) is 1.78. The number of hydrogen-bond acceptors (Lipinski definition) is 2. The molecule has 2 N–H and O–H groups in total. The summed E-state index contributed by atoms with van der Waals surface area (Å²) in [5, 5.41) is 11.9. The van der Waals surface area contributed by atoms with Gasteiger partial charge in [0.05, 0.1) is 5.92 Å². The van der Waals surface area contributed by atoms with Crippen LogP contribution in [-0.2, 0) is 4.79 Å². The Bertz CT molecular complexity index is 305. The van der Waals surface area contributed by atoms with E-state index in [-0.39, 0.29) is 17.9 Å². The number of urea groups is 1. The second-order valence-electron chi connectivity index (χ2n) is 5.57. The Kier molecular flexibility index (Phi) is 5.44. The lowest BCUT2D eigenvalue weighted by atomic mass is 9.87. The smallest absolute Gasteiger partial charge is 0.317 e. The molecule has 2 atom stereocenters. The Balaban J connectivity index is 2.36. The summed E-state index contributed by atoms with van der Waals surface area (Å²) in [6, 6.07) is -0.0636. The highest BCUT2D eigenvalue weighted by atomic mass is 16.4. The van der Waals surface area contributed by atoms with Gasteiger partial charge in [0.1, 0.15) is 0 Å². The average Bonchev–Trinajstić information content (AvgIpc) is 2.27. The van der Waals surface area contributed by atoms with Gasteiger partial charge >= 0.3 is 12.0 Å². The first-order chi connectivity index (χ1) is 8.41. The molecule has 0 aliphatic carbocycles. The molecule has 0 spiro atoms. The molecule has 5 nitrogen and oxygen atoms in total. The molecule has 0 radical (unpaired) electrons. The van der Waals surface area contributed by atoms with E-state index >= 15 is 0 Å². The Labute approximate surface area is 109 Å². The summed E-state index contributed by atoms with van der Waals surface area (Å²) in [4.78, 5) is 24.6. The molecule has 18 heavy (non-hydrogen) atoms. The third-order valence-electron chi connectivity index (χ3n) is 3.51. The Hall–Kier alpha value is -1.26. The zero-order chi connectivity index (χ0) is 13.7. The third kappa shape index (κ3) is 4.20. The number of likely N-dealkylation sites (tertiary alicyclic amines) is 1. The van der Waals surface area contributed by atoms with Crippen molar-refractivity contribution < 1.29 is 14.7 Å². The summed E-state index contributed by atoms with van der Waals surface area (Å²) in [5.74, 6) is -0.471. The third-order valence-corrected chi connectivity index (χ3v) is 3.51. The number of amides is 2. The van der Waals surface area contributed by atoms with E-state index in [9.17, 15) is 9.59 Å². The molecule has 2 amide bonds. The van der Waals surface area contributed by atoms with E-state index in [4.69, 9.17) is 5.11 Å². The van der Waals surface area contributed by atoms with Crippen molar-refractivity contribution in [2.45, 2.75) is 33.6 Å². The highest BCUT2D eigenvalue weighted by Crippen LogP contribution is 2.23. The van der Waals surface area contributed by atoms with Gasteiger partial charge in [-0.2, -0.15) is 0 Å². The molecule has 1 rings (SSSR count). The minimum absolute atomic E-state index is 0.0205. The largest absolute Gasteiger partial charge is 0.481 e. The second kappa shape index (κ2) is 6.61. The number of carbonyl (C=O) groups excluding carboxylic acids is 1. The predicted molar refractivity (Wildman–Crippen MR) is 69.3 cm³/mol. The van der Waals surface area contributed by atoms with Gasteiger partial charge < -0.3 is 15.3 Å². The summed E-state index contributed by atoms with van der Waals surface area (Å²) in [6.45, 7) is 7.88. The monoisotopic (exact) mass is 256 g/mol. The number of piperidine rings is 1. The molecule has 0 saturated carbocycles. The standard InChI is InChI=1S/C13H24N2O3/c1-9(2)4-6-14-13(18)15-7-5-11(12(16)17)10(3)8-15/h9-11H,4-8H2,1-3H3,(H,14,18)(H,16,17). The van der Waals surface area contributed by atoms with Gasteiger partial charge in [-0.1, -0.05) is 20.8 Å². The van der Waals surface area contributed by atoms with Gasteiger partial charge in [-0.05, 0) is 24.7 Å². The van der Waals surface area contributed by atoms with Gasteiger partial charge in [0.15, 0.2) is 0 Å². The molecule has 0 aromatic heterocycles. The molecule has 0 aromatic carbocycles. The fourth-order valence-electron chi connectivity index (χ4n) is 2.28. The first kappa shape index (κ1) is 14.8. The average molecular weight is 256 g/mol. The SMILES string of the molecule is CC(C)CCNC(=O)N1CCC(C(=O)O)C(C)C1. The maximum atomic E-state index is 11.9. The van der Waals surface area contributed by atoms with Crippen molar-refractivity contribution >= 4 is 12.0 Å². The van der Waals surface area contributed by atoms with Crippen LogP contribution in [0.1, 0.15) is 33.6 Å². The zero-order valence-electron chi connectivity index (χ0n) is 11.5. The Morgan fingerprint density at radius 1 is 1.44 bits per heavy atom. The van der Waals surface area contributed by atoms with Crippen LogP contribution in [0.25, 0.3) is 0 Å². The zero-order valence-corrected chi connectivity index (χ0v) is 11.5. The second-order valence-corrected chi connectivity index (χ2v) is 5.57. The number of aliphatic carboxylic acids is 1. The molecule has 0 bridgehead atoms. The van der Waals surface area contributed by atoms with Crippen LogP contribution < -0.4 is 5.32 Å². The number of hydrogen-bond donors (Lipinski definition) is 2. The maximum Gasteiger partial charge on any atom is 0.317 e. The van der Waals surface area contributed by atoms with Crippen molar-refractivity contribution in [3.8, 4) is 0 Å². The molecule has 104 valence electrons. The summed E-state index contributed by atoms with van der Waals surface area (Å²) >= 11 is 0. The van der Waals surface area contributed by atoms with Crippen LogP contribution in [0, 0.1) is 17.8 Å². The number of carboxylic acids is 1. The molecular weight excluding hydrogens is 232 g/mol. The normalized spacial score (nSPS) is 24.1. The van der Waals surface area contributed by atoms with Crippen molar-refractivity contribution in [2.24, 2.45) is 17.8 Å². The van der Waals surface area contributed by atoms with E-state index in [1.54, 1.807) is 4.90 Å². The van der Waals surface area contributed by atoms with Crippen molar-refractivity contribution in [1.29, 1.82) is 0 Å². The lowest BCUT2D eigenvalue weighted by Crippen LogP contribution is -2.49. The highest BCUT2D eigenvalue weighted by Gasteiger charge is 2.32. The van der Waals surface area contributed by atoms with Crippen LogP contribution in [0.5, 0.6) is 0 Å². The lowest BCUT2D eigenvalue weighted by Gasteiger charge is -2.34. The number of carboxylic acid groups (broad SMARTS) is 1. The maximum absolute atomic E-state index is 11.9. The summed E-state index contributed by atoms with van der Waals surface area (Å²) in [6.07, 6.45) is 1.51. The van der Waals surface area contributed by atoms with Crippen LogP contribution in [0.15, 0.2) is 0 Å². The number of nitrogens with one attached hydrogen (secondary N) is 1. The van der Waals surface area contributed by atoms with Gasteiger partial charge in [-0.15, -0.1) is 0 Å². The Morgan fingerprint density at radius 2 is 2.11 bits per heavy atom. The van der Waals surface area contributed by atoms with Crippen molar-refractivity contribution in [3.63, 3.8) is 0 Å². The van der Waals surface area contributed by atoms with E-state index < -0.39 is 5.97 Å². The molecule has 1 aliphatic heterocycles. The van der Waals surface area contributed by atoms with Crippen LogP contribution in [0.2, 0.25) is 0 Å². The van der Waals surface area contributed by atoms with Gasteiger partial charge in [0, 0.05) is 19.6 Å². The molecule has 1 aliphatic rings. The summed E-state index contributed by atoms with van der Waals surface area (Å²) in [7, 11) is 0. The van der Waals surface area contributed by atoms with Crippen molar-refractivity contribution in [3.05, 3.63) is 0 Å². The van der Waals surface area contributed by atoms with E-state index in [0.29, 0.717) is 32.0 Å². The van der Waals surface area contributed by atoms with Gasteiger partial charge in [0.2, 0.25) is 0 Å². The fraction of sp³-hybridized carbons (Fsp3) is 0.846. The van der Waals surface area contributed by atoms with Crippen LogP contribution in [-0.4, -0.2) is 41.6 Å². The van der Waals surface area contributed by atoms with Crippen LogP contribution >= 0.6 is 0 Å². The van der Waals surface area contributed by atoms with Crippen LogP contribution in [0.4, 0.5) is 4.79 Å².